The highest BCUT2D eigenvalue weighted by molar-refractivity contribution is 6.33. The van der Waals surface area contributed by atoms with Crippen molar-refractivity contribution < 1.29 is 9.13 Å². The van der Waals surface area contributed by atoms with Crippen LogP contribution in [0, 0.1) is 12.7 Å². The molecule has 0 bridgehead atoms. The summed E-state index contributed by atoms with van der Waals surface area (Å²) in [6.07, 6.45) is 0. The lowest BCUT2D eigenvalue weighted by atomic mass is 10.1. The Kier molecular flexibility index (Phi) is 2.93. The van der Waals surface area contributed by atoms with Crippen LogP contribution in [0.2, 0.25) is 5.02 Å². The average molecular weight is 256 g/mol. The fourth-order valence-corrected chi connectivity index (χ4v) is 1.91. The van der Waals surface area contributed by atoms with Gasteiger partial charge in [-0.2, -0.15) is 5.10 Å². The van der Waals surface area contributed by atoms with Gasteiger partial charge in [0.25, 0.3) is 0 Å². The molecule has 0 aliphatic rings. The number of nitrogen functional groups attached to an aromatic ring is 1. The Labute approximate surface area is 103 Å². The van der Waals surface area contributed by atoms with Crippen LogP contribution in [-0.2, 0) is 0 Å². The molecule has 90 valence electrons. The first kappa shape index (κ1) is 11.7. The maximum Gasteiger partial charge on any atom is 0.165 e. The summed E-state index contributed by atoms with van der Waals surface area (Å²) in [7, 11) is 1.38. The van der Waals surface area contributed by atoms with E-state index in [0.29, 0.717) is 16.1 Å². The lowest BCUT2D eigenvalue weighted by Crippen LogP contribution is -1.93. The first-order valence-electron chi connectivity index (χ1n) is 4.88. The number of aryl methyl sites for hydroxylation is 1. The van der Waals surface area contributed by atoms with Gasteiger partial charge in [-0.05, 0) is 13.0 Å². The lowest BCUT2D eigenvalue weighted by molar-refractivity contribution is 0.386. The van der Waals surface area contributed by atoms with E-state index in [9.17, 15) is 4.39 Å². The number of methoxy groups -OCH3 is 1. The van der Waals surface area contributed by atoms with Crippen LogP contribution in [0.25, 0.3) is 11.1 Å². The second-order valence-electron chi connectivity index (χ2n) is 3.58. The van der Waals surface area contributed by atoms with E-state index in [1.807, 2.05) is 0 Å². The predicted octanol–water partition coefficient (Wildman–Crippen LogP) is 2.77. The molecule has 17 heavy (non-hydrogen) atoms. The van der Waals surface area contributed by atoms with Crippen molar-refractivity contribution in [1.29, 1.82) is 0 Å². The maximum absolute atomic E-state index is 13.6. The zero-order valence-electron chi connectivity index (χ0n) is 9.34. The Balaban J connectivity index is 2.65. The number of aromatic amines is 1. The third-order valence-corrected chi connectivity index (χ3v) is 2.80. The topological polar surface area (TPSA) is 63.9 Å². The van der Waals surface area contributed by atoms with Crippen molar-refractivity contribution in [2.75, 3.05) is 12.8 Å². The first-order chi connectivity index (χ1) is 8.04. The summed E-state index contributed by atoms with van der Waals surface area (Å²) in [6, 6.07) is 2.70. The van der Waals surface area contributed by atoms with E-state index in [0.717, 1.165) is 5.69 Å². The number of nitrogens with zero attached hydrogens (tertiary/aromatic N) is 1. The third-order valence-electron chi connectivity index (χ3n) is 2.49. The van der Waals surface area contributed by atoms with Gasteiger partial charge in [0.1, 0.15) is 0 Å². The molecule has 0 unspecified atom stereocenters. The van der Waals surface area contributed by atoms with Crippen LogP contribution in [0.5, 0.6) is 5.75 Å². The number of nitrogens with two attached hydrogens (primary N) is 1. The molecule has 0 saturated heterocycles. The van der Waals surface area contributed by atoms with E-state index >= 15 is 0 Å². The number of nitrogens with one attached hydrogen (secondary N) is 1. The zero-order chi connectivity index (χ0) is 12.6. The van der Waals surface area contributed by atoms with E-state index in [-0.39, 0.29) is 11.6 Å². The summed E-state index contributed by atoms with van der Waals surface area (Å²) in [5.41, 5.74) is 7.54. The molecule has 0 saturated carbocycles. The van der Waals surface area contributed by atoms with Crippen LogP contribution < -0.4 is 10.5 Å². The third kappa shape index (κ3) is 1.93. The molecule has 0 aliphatic carbocycles. The summed E-state index contributed by atoms with van der Waals surface area (Å²) in [5.74, 6) is -0.112. The van der Waals surface area contributed by atoms with Gasteiger partial charge in [-0.15, -0.1) is 0 Å². The minimum absolute atomic E-state index is 0.0958. The van der Waals surface area contributed by atoms with Crippen LogP contribution in [0.3, 0.4) is 0 Å². The number of halogens is 2. The fraction of sp³-hybridized carbons (Fsp3) is 0.182. The van der Waals surface area contributed by atoms with E-state index in [1.54, 1.807) is 6.92 Å². The van der Waals surface area contributed by atoms with E-state index in [4.69, 9.17) is 22.1 Å². The summed E-state index contributed by atoms with van der Waals surface area (Å²) < 4.78 is 18.5. The minimum atomic E-state index is -0.494. The van der Waals surface area contributed by atoms with E-state index in [1.165, 1.54) is 19.2 Å². The van der Waals surface area contributed by atoms with Gasteiger partial charge in [-0.25, -0.2) is 4.39 Å². The highest BCUT2D eigenvalue weighted by Gasteiger charge is 2.16. The Bertz CT molecular complexity index is 549. The first-order valence-corrected chi connectivity index (χ1v) is 5.26. The summed E-state index contributed by atoms with van der Waals surface area (Å²) in [5, 5.41) is 6.93. The number of H-pyrrole nitrogens is 1. The molecule has 0 amide bonds. The summed E-state index contributed by atoms with van der Waals surface area (Å²) >= 11 is 6.07. The molecular formula is C11H11ClFN3O. The summed E-state index contributed by atoms with van der Waals surface area (Å²) in [4.78, 5) is 0. The van der Waals surface area contributed by atoms with Crippen LogP contribution in [0.4, 0.5) is 10.2 Å². The second-order valence-corrected chi connectivity index (χ2v) is 3.98. The molecule has 0 fully saturated rings. The van der Waals surface area contributed by atoms with Crippen molar-refractivity contribution in [3.8, 4) is 16.9 Å². The highest BCUT2D eigenvalue weighted by atomic mass is 35.5. The molecule has 0 atom stereocenters. The van der Waals surface area contributed by atoms with E-state index < -0.39 is 5.82 Å². The second kappa shape index (κ2) is 4.25. The highest BCUT2D eigenvalue weighted by Crippen LogP contribution is 2.36. The minimum Gasteiger partial charge on any atom is -0.494 e. The molecule has 0 radical (unpaired) electrons. The molecule has 0 aliphatic heterocycles. The Morgan fingerprint density at radius 3 is 2.71 bits per heavy atom. The van der Waals surface area contributed by atoms with Crippen LogP contribution in [0.15, 0.2) is 12.1 Å². The van der Waals surface area contributed by atoms with Crippen LogP contribution in [-0.4, -0.2) is 17.3 Å². The fourth-order valence-electron chi connectivity index (χ4n) is 1.66. The van der Waals surface area contributed by atoms with Crippen molar-refractivity contribution in [3.63, 3.8) is 0 Å². The number of anilines is 1. The Morgan fingerprint density at radius 2 is 2.18 bits per heavy atom. The number of benzene rings is 1. The number of ether oxygens (including phenoxy) is 1. The predicted molar refractivity (Wildman–Crippen MR) is 64.7 cm³/mol. The average Bonchev–Trinajstić information content (AvgIpc) is 2.62. The number of rotatable bonds is 2. The van der Waals surface area contributed by atoms with Gasteiger partial charge < -0.3 is 10.5 Å². The normalized spacial score (nSPS) is 10.6. The van der Waals surface area contributed by atoms with Crippen molar-refractivity contribution in [2.45, 2.75) is 6.92 Å². The number of hydrogen-bond donors (Lipinski definition) is 2. The lowest BCUT2D eigenvalue weighted by Gasteiger charge is -2.08. The molecular weight excluding hydrogens is 245 g/mol. The number of aromatic nitrogens is 2. The summed E-state index contributed by atoms with van der Waals surface area (Å²) in [6.45, 7) is 1.79. The number of hydrogen-bond acceptors (Lipinski definition) is 3. The van der Waals surface area contributed by atoms with Gasteiger partial charge in [0.05, 0.1) is 12.1 Å². The largest absolute Gasteiger partial charge is 0.494 e. The van der Waals surface area contributed by atoms with Crippen molar-refractivity contribution in [3.05, 3.63) is 28.7 Å². The van der Waals surface area contributed by atoms with Crippen molar-refractivity contribution >= 4 is 17.4 Å². The van der Waals surface area contributed by atoms with Crippen molar-refractivity contribution in [1.82, 2.24) is 10.2 Å². The van der Waals surface area contributed by atoms with Gasteiger partial charge >= 0.3 is 0 Å². The molecule has 1 heterocycles. The van der Waals surface area contributed by atoms with Gasteiger partial charge in [0, 0.05) is 22.9 Å². The molecule has 3 N–H and O–H groups in total. The quantitative estimate of drug-likeness (QED) is 0.867. The molecule has 0 spiro atoms. The van der Waals surface area contributed by atoms with E-state index in [2.05, 4.69) is 10.2 Å². The molecule has 6 heteroatoms. The molecule has 2 rings (SSSR count). The zero-order valence-corrected chi connectivity index (χ0v) is 10.1. The van der Waals surface area contributed by atoms with Gasteiger partial charge in [-0.1, -0.05) is 11.6 Å². The Morgan fingerprint density at radius 1 is 1.47 bits per heavy atom. The molecule has 1 aromatic heterocycles. The van der Waals surface area contributed by atoms with Crippen LogP contribution >= 0.6 is 11.6 Å². The molecule has 4 nitrogen and oxygen atoms in total. The maximum atomic E-state index is 13.6. The standard InChI is InChI=1S/C11H11ClFN3O/c1-5-10(11(14)16-15-5)6-3-8(13)9(17-2)4-7(6)12/h3-4H,1-2H3,(H3,14,15,16). The van der Waals surface area contributed by atoms with Gasteiger partial charge in [-0.3, -0.25) is 5.10 Å². The monoisotopic (exact) mass is 255 g/mol. The SMILES string of the molecule is COc1cc(Cl)c(-c2c(N)n[nH]c2C)cc1F. The van der Waals surface area contributed by atoms with Crippen molar-refractivity contribution in [2.24, 2.45) is 0 Å². The van der Waals surface area contributed by atoms with Crippen LogP contribution in [0.1, 0.15) is 5.69 Å². The molecule has 2 aromatic rings. The van der Waals surface area contributed by atoms with Gasteiger partial charge in [0.15, 0.2) is 17.4 Å². The smallest absolute Gasteiger partial charge is 0.165 e. The van der Waals surface area contributed by atoms with Gasteiger partial charge in [0.2, 0.25) is 0 Å². The Hall–Kier alpha value is -1.75. The molecule has 1 aromatic carbocycles.